The summed E-state index contributed by atoms with van der Waals surface area (Å²) in [7, 11) is 2.08. The van der Waals surface area contributed by atoms with Crippen LogP contribution in [0.3, 0.4) is 0 Å². The van der Waals surface area contributed by atoms with E-state index in [2.05, 4.69) is 52.3 Å². The fourth-order valence-corrected chi connectivity index (χ4v) is 2.89. The molecule has 0 N–H and O–H groups in total. The Bertz CT molecular complexity index is 406. The van der Waals surface area contributed by atoms with Crippen LogP contribution < -0.4 is 0 Å². The normalized spacial score (nSPS) is 25.3. The van der Waals surface area contributed by atoms with E-state index in [1.165, 1.54) is 12.0 Å². The molecule has 3 rings (SSSR count). The molecule has 4 heteroatoms. The minimum atomic E-state index is 0.288. The zero-order chi connectivity index (χ0) is 11.1. The van der Waals surface area contributed by atoms with Crippen LogP contribution in [-0.4, -0.2) is 40.2 Å². The quantitative estimate of drug-likeness (QED) is 0.684. The number of hydrogen-bond acceptors (Lipinski definition) is 2. The fourth-order valence-electron chi connectivity index (χ4n) is 2.60. The number of hydrogen-bond donors (Lipinski definition) is 0. The van der Waals surface area contributed by atoms with Crippen LogP contribution in [0.25, 0.3) is 0 Å². The lowest BCUT2D eigenvalue weighted by Gasteiger charge is -2.26. The molecule has 2 saturated heterocycles. The molecular formula is C12H15N3S. The average Bonchev–Trinajstić information content (AvgIpc) is 2.86. The predicted molar refractivity (Wildman–Crippen MR) is 67.6 cm³/mol. The van der Waals surface area contributed by atoms with Crippen molar-refractivity contribution in [3.63, 3.8) is 0 Å². The van der Waals surface area contributed by atoms with Crippen LogP contribution >= 0.6 is 12.2 Å². The standard InChI is InChI=1S/C12H15N3S/c1-13-11(10-6-3-2-4-7-10)14-8-5-9-15(14)12(13)16/h2-4,6-7,11H,5,8-9H2,1H3/t11-/m1/s1. The Hall–Kier alpha value is -1.13. The van der Waals surface area contributed by atoms with Gasteiger partial charge in [-0.15, -0.1) is 0 Å². The Morgan fingerprint density at radius 3 is 2.69 bits per heavy atom. The van der Waals surface area contributed by atoms with Crippen molar-refractivity contribution in [3.8, 4) is 0 Å². The van der Waals surface area contributed by atoms with E-state index >= 15 is 0 Å². The predicted octanol–water partition coefficient (Wildman–Crippen LogP) is 1.84. The Morgan fingerprint density at radius 1 is 1.19 bits per heavy atom. The molecule has 2 heterocycles. The monoisotopic (exact) mass is 233 g/mol. The van der Waals surface area contributed by atoms with E-state index < -0.39 is 0 Å². The summed E-state index contributed by atoms with van der Waals surface area (Å²) in [5.74, 6) is 0. The highest BCUT2D eigenvalue weighted by atomic mass is 32.1. The van der Waals surface area contributed by atoms with E-state index in [1.54, 1.807) is 0 Å². The lowest BCUT2D eigenvalue weighted by atomic mass is 10.1. The second kappa shape index (κ2) is 3.71. The summed E-state index contributed by atoms with van der Waals surface area (Å²) < 4.78 is 0. The number of rotatable bonds is 1. The van der Waals surface area contributed by atoms with Crippen molar-refractivity contribution in [3.05, 3.63) is 35.9 Å². The number of benzene rings is 1. The van der Waals surface area contributed by atoms with Crippen LogP contribution in [0.1, 0.15) is 18.2 Å². The van der Waals surface area contributed by atoms with Gasteiger partial charge in [0.15, 0.2) is 5.11 Å². The molecule has 16 heavy (non-hydrogen) atoms. The lowest BCUT2D eigenvalue weighted by Crippen LogP contribution is -2.32. The second-order valence-corrected chi connectivity index (χ2v) is 4.68. The summed E-state index contributed by atoms with van der Waals surface area (Å²) in [6.07, 6.45) is 1.49. The van der Waals surface area contributed by atoms with Gasteiger partial charge in [-0.3, -0.25) is 5.01 Å². The van der Waals surface area contributed by atoms with Crippen molar-refractivity contribution >= 4 is 17.3 Å². The highest BCUT2D eigenvalue weighted by Crippen LogP contribution is 2.35. The molecule has 2 aliphatic rings. The SMILES string of the molecule is CN1C(=S)N2CCCN2[C@@H]1c1ccccc1. The lowest BCUT2D eigenvalue weighted by molar-refractivity contribution is 0.0609. The molecule has 0 bridgehead atoms. The summed E-state index contributed by atoms with van der Waals surface area (Å²) in [6.45, 7) is 2.16. The van der Waals surface area contributed by atoms with Gasteiger partial charge < -0.3 is 4.90 Å². The van der Waals surface area contributed by atoms with Gasteiger partial charge in [0, 0.05) is 20.1 Å². The first-order chi connectivity index (χ1) is 7.79. The van der Waals surface area contributed by atoms with Crippen molar-refractivity contribution in [1.29, 1.82) is 0 Å². The van der Waals surface area contributed by atoms with Crippen molar-refractivity contribution in [1.82, 2.24) is 14.9 Å². The van der Waals surface area contributed by atoms with Crippen molar-refractivity contribution in [2.75, 3.05) is 20.1 Å². The van der Waals surface area contributed by atoms with Gasteiger partial charge in [-0.05, 0) is 24.2 Å². The third kappa shape index (κ3) is 1.33. The van der Waals surface area contributed by atoms with E-state index in [1.807, 2.05) is 0 Å². The van der Waals surface area contributed by atoms with Crippen LogP contribution in [0.5, 0.6) is 0 Å². The Kier molecular flexibility index (Phi) is 2.33. The van der Waals surface area contributed by atoms with Gasteiger partial charge in [0.05, 0.1) is 0 Å². The highest BCUT2D eigenvalue weighted by molar-refractivity contribution is 7.80. The molecule has 1 aromatic carbocycles. The van der Waals surface area contributed by atoms with E-state index in [4.69, 9.17) is 12.2 Å². The van der Waals surface area contributed by atoms with E-state index in [0.29, 0.717) is 0 Å². The zero-order valence-corrected chi connectivity index (χ0v) is 10.2. The van der Waals surface area contributed by atoms with Gasteiger partial charge in [-0.1, -0.05) is 30.3 Å². The smallest absolute Gasteiger partial charge is 0.187 e. The molecule has 0 amide bonds. The summed E-state index contributed by atoms with van der Waals surface area (Å²) in [6, 6.07) is 10.6. The van der Waals surface area contributed by atoms with Crippen LogP contribution in [0.2, 0.25) is 0 Å². The number of fused-ring (bicyclic) bond motifs is 1. The summed E-state index contributed by atoms with van der Waals surface area (Å²) in [4.78, 5) is 2.18. The zero-order valence-electron chi connectivity index (χ0n) is 9.34. The van der Waals surface area contributed by atoms with Crippen molar-refractivity contribution in [2.45, 2.75) is 12.6 Å². The number of hydrazine groups is 1. The maximum absolute atomic E-state index is 5.47. The summed E-state index contributed by atoms with van der Waals surface area (Å²) in [5, 5.41) is 5.55. The molecule has 0 aromatic heterocycles. The van der Waals surface area contributed by atoms with Gasteiger partial charge >= 0.3 is 0 Å². The van der Waals surface area contributed by atoms with Crippen LogP contribution in [-0.2, 0) is 0 Å². The largest absolute Gasteiger partial charge is 0.330 e. The van der Waals surface area contributed by atoms with E-state index in [-0.39, 0.29) is 6.17 Å². The Balaban J connectivity index is 1.98. The first kappa shape index (κ1) is 10.1. The topological polar surface area (TPSA) is 9.72 Å². The van der Waals surface area contributed by atoms with Gasteiger partial charge in [-0.2, -0.15) is 5.01 Å². The molecule has 3 nitrogen and oxygen atoms in total. The van der Waals surface area contributed by atoms with Gasteiger partial charge in [0.25, 0.3) is 0 Å². The fraction of sp³-hybridized carbons (Fsp3) is 0.417. The third-order valence-electron chi connectivity index (χ3n) is 3.34. The maximum Gasteiger partial charge on any atom is 0.187 e. The summed E-state index contributed by atoms with van der Waals surface area (Å²) in [5.41, 5.74) is 1.32. The van der Waals surface area contributed by atoms with Crippen molar-refractivity contribution < 1.29 is 0 Å². The molecule has 0 saturated carbocycles. The Morgan fingerprint density at radius 2 is 1.94 bits per heavy atom. The Labute approximate surface area is 101 Å². The second-order valence-electron chi connectivity index (χ2n) is 4.32. The molecule has 1 aromatic rings. The van der Waals surface area contributed by atoms with Crippen molar-refractivity contribution in [2.24, 2.45) is 0 Å². The molecule has 2 aliphatic heterocycles. The van der Waals surface area contributed by atoms with Gasteiger partial charge in [0.1, 0.15) is 6.17 Å². The number of thiocarbonyl (C=S) groups is 1. The van der Waals surface area contributed by atoms with Crippen LogP contribution in [0, 0.1) is 0 Å². The molecular weight excluding hydrogens is 218 g/mol. The minimum absolute atomic E-state index is 0.288. The molecule has 84 valence electrons. The highest BCUT2D eigenvalue weighted by Gasteiger charge is 2.42. The van der Waals surface area contributed by atoms with E-state index in [0.717, 1.165) is 18.2 Å². The maximum atomic E-state index is 5.47. The van der Waals surface area contributed by atoms with Gasteiger partial charge in [-0.25, -0.2) is 0 Å². The first-order valence-electron chi connectivity index (χ1n) is 5.65. The summed E-state index contributed by atoms with van der Waals surface area (Å²) >= 11 is 5.47. The molecule has 2 fully saturated rings. The average molecular weight is 233 g/mol. The molecule has 0 unspecified atom stereocenters. The molecule has 1 atom stereocenters. The first-order valence-corrected chi connectivity index (χ1v) is 6.06. The third-order valence-corrected chi connectivity index (χ3v) is 3.84. The van der Waals surface area contributed by atoms with Crippen LogP contribution in [0.4, 0.5) is 0 Å². The van der Waals surface area contributed by atoms with E-state index in [9.17, 15) is 0 Å². The minimum Gasteiger partial charge on any atom is -0.330 e. The molecule has 0 spiro atoms. The molecule has 0 radical (unpaired) electrons. The van der Waals surface area contributed by atoms with Crippen LogP contribution in [0.15, 0.2) is 30.3 Å². The number of nitrogens with zero attached hydrogens (tertiary/aromatic N) is 3. The molecule has 0 aliphatic carbocycles. The van der Waals surface area contributed by atoms with Gasteiger partial charge in [0.2, 0.25) is 0 Å².